The molecule has 3 aromatic rings. The minimum Gasteiger partial charge on any atom is -0.397 e. The Kier molecular flexibility index (Phi) is 5.60. The molecule has 0 saturated carbocycles. The highest BCUT2D eigenvalue weighted by Crippen LogP contribution is 2.21. The summed E-state index contributed by atoms with van der Waals surface area (Å²) < 4.78 is 0. The maximum atomic E-state index is 12.2. The van der Waals surface area contributed by atoms with Gasteiger partial charge in [0.05, 0.1) is 22.6 Å². The molecule has 124 valence electrons. The van der Waals surface area contributed by atoms with Crippen LogP contribution in [-0.2, 0) is 11.2 Å². The molecule has 0 atom stereocenters. The minimum atomic E-state index is -0.0569. The first-order chi connectivity index (χ1) is 11.1. The van der Waals surface area contributed by atoms with Crippen molar-refractivity contribution in [2.24, 2.45) is 0 Å². The van der Waals surface area contributed by atoms with E-state index < -0.39 is 0 Å². The highest BCUT2D eigenvalue weighted by molar-refractivity contribution is 6.00. The van der Waals surface area contributed by atoms with Gasteiger partial charge < -0.3 is 16.8 Å². The smallest absolute Gasteiger partial charge is 0.224 e. The van der Waals surface area contributed by atoms with E-state index >= 15 is 0 Å². The summed E-state index contributed by atoms with van der Waals surface area (Å²) in [5.41, 5.74) is 15.1. The summed E-state index contributed by atoms with van der Waals surface area (Å²) in [6, 6.07) is 15.0. The molecule has 0 unspecified atom stereocenters. The minimum absolute atomic E-state index is 0. The molecule has 1 heterocycles. The van der Waals surface area contributed by atoms with Gasteiger partial charge in [-0.1, -0.05) is 24.3 Å². The fourth-order valence-corrected chi connectivity index (χ4v) is 2.46. The lowest BCUT2D eigenvalue weighted by atomic mass is 10.1. The molecular weight excluding hydrogens is 324 g/mol. The van der Waals surface area contributed by atoms with Gasteiger partial charge >= 0.3 is 0 Å². The normalized spacial score (nSPS) is 10.2. The summed E-state index contributed by atoms with van der Waals surface area (Å²) in [7, 11) is 0. The monoisotopic (exact) mass is 342 g/mol. The number of para-hydroxylation sites is 1. The lowest BCUT2D eigenvalue weighted by Crippen LogP contribution is -2.13. The molecule has 3 rings (SSSR count). The molecule has 0 aliphatic rings. The fraction of sp³-hybridized carbons (Fsp3) is 0.111. The number of rotatable bonds is 4. The Labute approximate surface area is 146 Å². The molecule has 0 fully saturated rings. The van der Waals surface area contributed by atoms with Crippen LogP contribution in [-0.4, -0.2) is 10.9 Å². The molecule has 1 aromatic heterocycles. The van der Waals surface area contributed by atoms with Crippen LogP contribution in [0, 0.1) is 0 Å². The molecule has 5 nitrogen and oxygen atoms in total. The predicted octanol–water partition coefficient (Wildman–Crippen LogP) is 3.39. The van der Waals surface area contributed by atoms with Gasteiger partial charge in [0.15, 0.2) is 0 Å². The van der Waals surface area contributed by atoms with Crippen molar-refractivity contribution in [1.29, 1.82) is 0 Å². The largest absolute Gasteiger partial charge is 0.397 e. The van der Waals surface area contributed by atoms with Crippen molar-refractivity contribution in [2.75, 3.05) is 16.8 Å². The summed E-state index contributed by atoms with van der Waals surface area (Å²) in [6.45, 7) is 0. The molecule has 0 radical (unpaired) electrons. The van der Waals surface area contributed by atoms with Crippen molar-refractivity contribution < 1.29 is 4.79 Å². The van der Waals surface area contributed by atoms with Crippen LogP contribution in [0.4, 0.5) is 17.1 Å². The van der Waals surface area contributed by atoms with Gasteiger partial charge in [-0.25, -0.2) is 0 Å². The van der Waals surface area contributed by atoms with Crippen LogP contribution in [0.5, 0.6) is 0 Å². The highest BCUT2D eigenvalue weighted by Gasteiger charge is 2.07. The summed E-state index contributed by atoms with van der Waals surface area (Å²) in [5, 5.41) is 3.92. The molecule has 2 aromatic carbocycles. The predicted molar refractivity (Wildman–Crippen MR) is 101 cm³/mol. The van der Waals surface area contributed by atoms with Gasteiger partial charge in [0.25, 0.3) is 0 Å². The zero-order valence-electron chi connectivity index (χ0n) is 13.0. The second-order valence-electron chi connectivity index (χ2n) is 5.39. The number of pyridine rings is 1. The maximum absolute atomic E-state index is 12.2. The lowest BCUT2D eigenvalue weighted by molar-refractivity contribution is -0.116. The Morgan fingerprint density at radius 1 is 1.04 bits per heavy atom. The fourth-order valence-electron chi connectivity index (χ4n) is 2.46. The molecule has 0 spiro atoms. The molecule has 0 saturated heterocycles. The first-order valence-corrected chi connectivity index (χ1v) is 7.41. The van der Waals surface area contributed by atoms with Gasteiger partial charge in [-0.15, -0.1) is 12.4 Å². The number of aromatic nitrogens is 1. The molecule has 1 amide bonds. The molecule has 0 aliphatic heterocycles. The number of aryl methyl sites for hydroxylation is 1. The second kappa shape index (κ2) is 7.66. The Balaban J connectivity index is 0.00000208. The number of benzene rings is 2. The third-order valence-corrected chi connectivity index (χ3v) is 3.70. The van der Waals surface area contributed by atoms with E-state index in [1.807, 2.05) is 42.5 Å². The second-order valence-corrected chi connectivity index (χ2v) is 5.39. The molecular formula is C18H19ClN4O. The Morgan fingerprint density at radius 3 is 2.62 bits per heavy atom. The van der Waals surface area contributed by atoms with E-state index in [2.05, 4.69) is 10.3 Å². The van der Waals surface area contributed by atoms with Crippen molar-refractivity contribution in [3.8, 4) is 0 Å². The molecule has 24 heavy (non-hydrogen) atoms. The number of nitrogens with one attached hydrogen (secondary N) is 1. The average molecular weight is 343 g/mol. The van der Waals surface area contributed by atoms with Crippen molar-refractivity contribution in [2.45, 2.75) is 12.8 Å². The van der Waals surface area contributed by atoms with E-state index in [0.29, 0.717) is 24.2 Å². The number of halogens is 1. The van der Waals surface area contributed by atoms with Crippen molar-refractivity contribution in [1.82, 2.24) is 4.98 Å². The third-order valence-electron chi connectivity index (χ3n) is 3.70. The van der Waals surface area contributed by atoms with E-state index in [4.69, 9.17) is 11.5 Å². The van der Waals surface area contributed by atoms with Crippen LogP contribution >= 0.6 is 12.4 Å². The van der Waals surface area contributed by atoms with Crippen LogP contribution in [0.25, 0.3) is 10.9 Å². The van der Waals surface area contributed by atoms with E-state index in [9.17, 15) is 4.79 Å². The summed E-state index contributed by atoms with van der Waals surface area (Å²) in [4.78, 5) is 16.5. The standard InChI is InChI=1S/C18H18N4O.ClH/c19-14-8-6-12(11-15(14)20)7-9-17(23)22-16-5-1-3-13-4-2-10-21-18(13)16;/h1-6,8,10-11H,7,9,19-20H2,(H,22,23);1H. The molecule has 6 heteroatoms. The molecule has 5 N–H and O–H groups in total. The van der Waals surface area contributed by atoms with Crippen molar-refractivity contribution in [3.05, 3.63) is 60.3 Å². The van der Waals surface area contributed by atoms with E-state index in [1.165, 1.54) is 0 Å². The number of carbonyl (C=O) groups is 1. The Bertz CT molecular complexity index is 861. The summed E-state index contributed by atoms with van der Waals surface area (Å²) in [5.74, 6) is -0.0569. The number of nitrogens with two attached hydrogens (primary N) is 2. The number of hydrogen-bond donors (Lipinski definition) is 3. The van der Waals surface area contributed by atoms with Crippen LogP contribution in [0.1, 0.15) is 12.0 Å². The molecule has 0 bridgehead atoms. The molecule has 0 aliphatic carbocycles. The number of anilines is 3. The number of hydrogen-bond acceptors (Lipinski definition) is 4. The van der Waals surface area contributed by atoms with Crippen LogP contribution in [0.2, 0.25) is 0 Å². The maximum Gasteiger partial charge on any atom is 0.224 e. The number of nitrogens with zero attached hydrogens (tertiary/aromatic N) is 1. The van der Waals surface area contributed by atoms with E-state index in [1.54, 1.807) is 12.3 Å². The van der Waals surface area contributed by atoms with Crippen LogP contribution in [0.3, 0.4) is 0 Å². The number of carbonyl (C=O) groups excluding carboxylic acids is 1. The van der Waals surface area contributed by atoms with Gasteiger partial charge in [-0.2, -0.15) is 0 Å². The van der Waals surface area contributed by atoms with Crippen molar-refractivity contribution in [3.63, 3.8) is 0 Å². The topological polar surface area (TPSA) is 94.0 Å². The van der Waals surface area contributed by atoms with Gasteiger partial charge in [0.1, 0.15) is 0 Å². The Hall–Kier alpha value is -2.79. The van der Waals surface area contributed by atoms with Gasteiger partial charge in [-0.05, 0) is 36.2 Å². The third kappa shape index (κ3) is 3.94. The van der Waals surface area contributed by atoms with Crippen LogP contribution < -0.4 is 16.8 Å². The lowest BCUT2D eigenvalue weighted by Gasteiger charge is -2.08. The van der Waals surface area contributed by atoms with Gasteiger partial charge in [0, 0.05) is 18.0 Å². The number of nitrogen functional groups attached to an aromatic ring is 2. The van der Waals surface area contributed by atoms with Crippen LogP contribution in [0.15, 0.2) is 54.7 Å². The number of fused-ring (bicyclic) bond motifs is 1. The SMILES string of the molecule is Cl.Nc1ccc(CCC(=O)Nc2cccc3cccnc23)cc1N. The van der Waals surface area contributed by atoms with Gasteiger partial charge in [0.2, 0.25) is 5.91 Å². The van der Waals surface area contributed by atoms with Crippen molar-refractivity contribution >= 4 is 46.3 Å². The van der Waals surface area contributed by atoms with E-state index in [0.717, 1.165) is 22.2 Å². The highest BCUT2D eigenvalue weighted by atomic mass is 35.5. The Morgan fingerprint density at radius 2 is 1.83 bits per heavy atom. The summed E-state index contributed by atoms with van der Waals surface area (Å²) in [6.07, 6.45) is 2.69. The zero-order valence-corrected chi connectivity index (χ0v) is 13.8. The average Bonchev–Trinajstić information content (AvgIpc) is 2.56. The first-order valence-electron chi connectivity index (χ1n) is 7.41. The first kappa shape index (κ1) is 17.6. The summed E-state index contributed by atoms with van der Waals surface area (Å²) >= 11 is 0. The quantitative estimate of drug-likeness (QED) is 0.633. The zero-order chi connectivity index (χ0) is 16.2. The van der Waals surface area contributed by atoms with E-state index in [-0.39, 0.29) is 18.3 Å². The number of amides is 1. The van der Waals surface area contributed by atoms with Gasteiger partial charge in [-0.3, -0.25) is 9.78 Å².